The topological polar surface area (TPSA) is 49.7 Å². The maximum Gasteiger partial charge on any atom is 0.354 e. The van der Waals surface area contributed by atoms with Gasteiger partial charge in [0.15, 0.2) is 5.79 Å². The molecule has 5 heteroatoms. The third-order valence-corrected chi connectivity index (χ3v) is 3.95. The van der Waals surface area contributed by atoms with Crippen molar-refractivity contribution in [2.24, 2.45) is 0 Å². The molecule has 1 aromatic heterocycles. The first-order valence-corrected chi connectivity index (χ1v) is 7.48. The molecule has 22 heavy (non-hydrogen) atoms. The Hall–Kier alpha value is -1.85. The fourth-order valence-corrected chi connectivity index (χ4v) is 2.90. The van der Waals surface area contributed by atoms with E-state index in [9.17, 15) is 4.79 Å². The Morgan fingerprint density at radius 1 is 1.41 bits per heavy atom. The summed E-state index contributed by atoms with van der Waals surface area (Å²) in [6.45, 7) is 5.09. The lowest BCUT2D eigenvalue weighted by Gasteiger charge is -2.17. The second kappa shape index (κ2) is 5.74. The van der Waals surface area contributed by atoms with E-state index in [1.54, 1.807) is 0 Å². The fourth-order valence-electron chi connectivity index (χ4n) is 2.90. The number of methoxy groups -OCH3 is 1. The molecule has 1 atom stereocenters. The first-order chi connectivity index (χ1) is 10.5. The van der Waals surface area contributed by atoms with E-state index in [-0.39, 0.29) is 12.1 Å². The SMILES string of the molecule is COC(=O)c1cc2ccccc2n1CCC1COC(C)(C)O1. The predicted octanol–water partition coefficient (Wildman–Crippen LogP) is 2.97. The smallest absolute Gasteiger partial charge is 0.354 e. The zero-order valence-corrected chi connectivity index (χ0v) is 13.2. The number of aromatic nitrogens is 1. The number of rotatable bonds is 4. The summed E-state index contributed by atoms with van der Waals surface area (Å²) in [7, 11) is 1.40. The first-order valence-electron chi connectivity index (χ1n) is 7.48. The highest BCUT2D eigenvalue weighted by molar-refractivity contribution is 5.95. The number of ether oxygens (including phenoxy) is 3. The summed E-state index contributed by atoms with van der Waals surface area (Å²) in [6, 6.07) is 9.81. The van der Waals surface area contributed by atoms with Crippen molar-refractivity contribution in [1.29, 1.82) is 0 Å². The summed E-state index contributed by atoms with van der Waals surface area (Å²) in [5.74, 6) is -0.839. The highest BCUT2D eigenvalue weighted by Crippen LogP contribution is 2.26. The molecule has 0 saturated carbocycles. The molecule has 2 aromatic rings. The molecule has 1 saturated heterocycles. The Balaban J connectivity index is 1.84. The molecule has 1 aromatic carbocycles. The van der Waals surface area contributed by atoms with Crippen LogP contribution in [0, 0.1) is 0 Å². The van der Waals surface area contributed by atoms with Crippen LogP contribution in [-0.4, -0.2) is 36.1 Å². The number of nitrogens with zero attached hydrogens (tertiary/aromatic N) is 1. The second-order valence-corrected chi connectivity index (χ2v) is 5.97. The second-order valence-electron chi connectivity index (χ2n) is 5.97. The van der Waals surface area contributed by atoms with Crippen LogP contribution in [0.2, 0.25) is 0 Å². The van der Waals surface area contributed by atoms with Crippen LogP contribution in [0.4, 0.5) is 0 Å². The van der Waals surface area contributed by atoms with Crippen LogP contribution < -0.4 is 0 Å². The normalized spacial score (nSPS) is 20.4. The molecule has 0 amide bonds. The van der Waals surface area contributed by atoms with Crippen LogP contribution in [0.15, 0.2) is 30.3 Å². The number of benzene rings is 1. The van der Waals surface area contributed by atoms with Crippen LogP contribution in [-0.2, 0) is 20.8 Å². The van der Waals surface area contributed by atoms with Gasteiger partial charge in [-0.3, -0.25) is 0 Å². The standard InChI is InChI=1S/C17H21NO4/c1-17(2)21-11-13(22-17)8-9-18-14-7-5-4-6-12(14)10-15(18)16(19)20-3/h4-7,10,13H,8-9,11H2,1-3H3. The van der Waals surface area contributed by atoms with E-state index >= 15 is 0 Å². The van der Waals surface area contributed by atoms with Crippen molar-refractivity contribution in [3.8, 4) is 0 Å². The van der Waals surface area contributed by atoms with Crippen molar-refractivity contribution in [3.05, 3.63) is 36.0 Å². The number of carbonyl (C=O) groups excluding carboxylic acids is 1. The Morgan fingerprint density at radius 2 is 2.18 bits per heavy atom. The highest BCUT2D eigenvalue weighted by atomic mass is 16.7. The van der Waals surface area contributed by atoms with Crippen molar-refractivity contribution in [2.75, 3.05) is 13.7 Å². The first kappa shape index (κ1) is 15.1. The molecule has 1 fully saturated rings. The molecule has 0 aliphatic carbocycles. The molecule has 2 heterocycles. The van der Waals surface area contributed by atoms with E-state index in [2.05, 4.69) is 0 Å². The molecule has 3 rings (SSSR count). The van der Waals surface area contributed by atoms with Gasteiger partial charge in [-0.25, -0.2) is 4.79 Å². The Bertz CT molecular complexity index is 689. The van der Waals surface area contributed by atoms with Gasteiger partial charge in [0.1, 0.15) is 5.69 Å². The fraction of sp³-hybridized carbons (Fsp3) is 0.471. The van der Waals surface area contributed by atoms with Gasteiger partial charge >= 0.3 is 5.97 Å². The summed E-state index contributed by atoms with van der Waals surface area (Å²) in [5.41, 5.74) is 1.60. The maximum absolute atomic E-state index is 12.0. The van der Waals surface area contributed by atoms with Gasteiger partial charge in [-0.15, -0.1) is 0 Å². The summed E-state index contributed by atoms with van der Waals surface area (Å²) in [5, 5.41) is 1.03. The maximum atomic E-state index is 12.0. The van der Waals surface area contributed by atoms with Gasteiger partial charge in [0.25, 0.3) is 0 Å². The number of fused-ring (bicyclic) bond motifs is 1. The van der Waals surface area contributed by atoms with Gasteiger partial charge in [-0.05, 0) is 32.4 Å². The van der Waals surface area contributed by atoms with Crippen LogP contribution in [0.3, 0.4) is 0 Å². The van der Waals surface area contributed by atoms with Gasteiger partial charge < -0.3 is 18.8 Å². The molecule has 0 N–H and O–H groups in total. The predicted molar refractivity (Wildman–Crippen MR) is 82.8 cm³/mol. The average Bonchev–Trinajstić information content (AvgIpc) is 3.04. The van der Waals surface area contributed by atoms with Crippen LogP contribution in [0.5, 0.6) is 0 Å². The zero-order chi connectivity index (χ0) is 15.7. The molecule has 118 valence electrons. The lowest BCUT2D eigenvalue weighted by atomic mass is 10.2. The number of hydrogen-bond acceptors (Lipinski definition) is 4. The van der Waals surface area contributed by atoms with E-state index < -0.39 is 5.79 Å². The average molecular weight is 303 g/mol. The Labute approximate surface area is 129 Å². The number of esters is 1. The summed E-state index contributed by atoms with van der Waals surface area (Å²) < 4.78 is 18.3. The minimum atomic E-state index is -0.519. The van der Waals surface area contributed by atoms with Crippen molar-refractivity contribution in [1.82, 2.24) is 4.57 Å². The van der Waals surface area contributed by atoms with Gasteiger partial charge in [0, 0.05) is 17.4 Å². The number of aryl methyl sites for hydroxylation is 1. The monoisotopic (exact) mass is 303 g/mol. The van der Waals surface area contributed by atoms with Crippen LogP contribution >= 0.6 is 0 Å². The minimum Gasteiger partial charge on any atom is -0.464 e. The van der Waals surface area contributed by atoms with Crippen molar-refractivity contribution < 1.29 is 19.0 Å². The highest BCUT2D eigenvalue weighted by Gasteiger charge is 2.32. The molecule has 0 bridgehead atoms. The minimum absolute atomic E-state index is 0.0432. The van der Waals surface area contributed by atoms with Gasteiger partial charge in [0.05, 0.1) is 19.8 Å². The van der Waals surface area contributed by atoms with Crippen molar-refractivity contribution in [2.45, 2.75) is 38.7 Å². The summed E-state index contributed by atoms with van der Waals surface area (Å²) in [4.78, 5) is 12.0. The molecule has 1 aliphatic rings. The Kier molecular flexibility index (Phi) is 3.93. The molecular weight excluding hydrogens is 282 g/mol. The Morgan fingerprint density at radius 3 is 2.86 bits per heavy atom. The van der Waals surface area contributed by atoms with Crippen molar-refractivity contribution >= 4 is 16.9 Å². The van der Waals surface area contributed by atoms with E-state index in [1.165, 1.54) is 7.11 Å². The molecule has 1 unspecified atom stereocenters. The van der Waals surface area contributed by atoms with Gasteiger partial charge in [-0.1, -0.05) is 18.2 Å². The van der Waals surface area contributed by atoms with E-state index in [0.29, 0.717) is 18.8 Å². The van der Waals surface area contributed by atoms with Gasteiger partial charge in [0.2, 0.25) is 0 Å². The third kappa shape index (κ3) is 2.87. The van der Waals surface area contributed by atoms with Crippen LogP contribution in [0.1, 0.15) is 30.8 Å². The number of carbonyl (C=O) groups is 1. The van der Waals surface area contributed by atoms with E-state index in [0.717, 1.165) is 17.3 Å². The van der Waals surface area contributed by atoms with Gasteiger partial charge in [-0.2, -0.15) is 0 Å². The molecule has 5 nitrogen and oxygen atoms in total. The van der Waals surface area contributed by atoms with E-state index in [4.69, 9.17) is 14.2 Å². The van der Waals surface area contributed by atoms with E-state index in [1.807, 2.05) is 48.7 Å². The number of hydrogen-bond donors (Lipinski definition) is 0. The molecule has 1 aliphatic heterocycles. The quantitative estimate of drug-likeness (QED) is 0.815. The largest absolute Gasteiger partial charge is 0.464 e. The summed E-state index contributed by atoms with van der Waals surface area (Å²) in [6.07, 6.45) is 0.827. The molecule has 0 radical (unpaired) electrons. The van der Waals surface area contributed by atoms with Crippen molar-refractivity contribution in [3.63, 3.8) is 0 Å². The molecular formula is C17H21NO4. The zero-order valence-electron chi connectivity index (χ0n) is 13.2. The summed E-state index contributed by atoms with van der Waals surface area (Å²) >= 11 is 0. The third-order valence-electron chi connectivity index (χ3n) is 3.95. The lowest BCUT2D eigenvalue weighted by Crippen LogP contribution is -2.22. The number of para-hydroxylation sites is 1. The molecule has 0 spiro atoms. The van der Waals surface area contributed by atoms with Crippen LogP contribution in [0.25, 0.3) is 10.9 Å². The lowest BCUT2D eigenvalue weighted by molar-refractivity contribution is -0.139.